The summed E-state index contributed by atoms with van der Waals surface area (Å²) in [4.78, 5) is 33.4. The first-order valence-corrected chi connectivity index (χ1v) is 16.3. The number of likely N-dealkylation sites (tertiary alicyclic amines) is 2. The number of carbonyl (C=O) groups excluding carboxylic acids is 2. The molecule has 5 rings (SSSR count). The van der Waals surface area contributed by atoms with Crippen molar-refractivity contribution >= 4 is 35.0 Å². The summed E-state index contributed by atoms with van der Waals surface area (Å²) in [5, 5.41) is 1.09. The molecule has 3 aromatic carbocycles. The lowest BCUT2D eigenvalue weighted by Crippen LogP contribution is -2.69. The Morgan fingerprint density at radius 3 is 2.16 bits per heavy atom. The van der Waals surface area contributed by atoms with Crippen molar-refractivity contribution in [1.29, 1.82) is 0 Å². The van der Waals surface area contributed by atoms with E-state index >= 15 is 0 Å². The van der Waals surface area contributed by atoms with Gasteiger partial charge in [0, 0.05) is 57.0 Å². The lowest BCUT2D eigenvalue weighted by molar-refractivity contribution is -0.129. The molecule has 2 atom stereocenters. The molecule has 2 aliphatic heterocycles. The molecule has 0 N–H and O–H groups in total. The Labute approximate surface area is 266 Å². The van der Waals surface area contributed by atoms with E-state index in [1.165, 1.54) is 5.56 Å². The summed E-state index contributed by atoms with van der Waals surface area (Å²) >= 11 is 13.0. The number of hydrogen-bond acceptors (Lipinski definition) is 3. The Bertz CT molecular complexity index is 1410. The molecule has 0 aliphatic carbocycles. The molecule has 0 radical (unpaired) electrons. The Balaban J connectivity index is 1.59. The van der Waals surface area contributed by atoms with Crippen LogP contribution in [0.4, 0.5) is 0 Å². The zero-order valence-electron chi connectivity index (χ0n) is 25.6. The summed E-state index contributed by atoms with van der Waals surface area (Å²) in [5.41, 5.74) is 2.44. The predicted octanol–water partition coefficient (Wildman–Crippen LogP) is 8.02. The van der Waals surface area contributed by atoms with Crippen LogP contribution < -0.4 is 0 Å². The van der Waals surface area contributed by atoms with Crippen molar-refractivity contribution in [2.45, 2.75) is 69.4 Å². The third-order valence-corrected chi connectivity index (χ3v) is 10.6. The number of nitrogens with zero attached hydrogens (tertiary/aromatic N) is 3. The number of likely N-dealkylation sites (N-methyl/N-ethyl adjacent to an activating group) is 1. The van der Waals surface area contributed by atoms with E-state index in [9.17, 15) is 9.59 Å². The maximum Gasteiger partial charge on any atom is 0.255 e. The monoisotopic (exact) mass is 619 g/mol. The molecule has 0 aromatic heterocycles. The molecular formula is C36H43Cl2N3O2. The van der Waals surface area contributed by atoms with Crippen LogP contribution in [0.15, 0.2) is 78.9 Å². The highest BCUT2D eigenvalue weighted by atomic mass is 35.5. The van der Waals surface area contributed by atoms with Gasteiger partial charge in [0.05, 0.1) is 10.0 Å². The Hall–Kier alpha value is -2.86. The second kappa shape index (κ2) is 13.4. The average Bonchev–Trinajstić information content (AvgIpc) is 3.03. The van der Waals surface area contributed by atoms with Gasteiger partial charge in [-0.05, 0) is 67.5 Å². The van der Waals surface area contributed by atoms with Crippen molar-refractivity contribution in [2.24, 2.45) is 0 Å². The molecule has 2 amide bonds. The van der Waals surface area contributed by atoms with Gasteiger partial charge >= 0.3 is 0 Å². The largest absolute Gasteiger partial charge is 0.345 e. The topological polar surface area (TPSA) is 43.9 Å². The van der Waals surface area contributed by atoms with Crippen LogP contribution >= 0.6 is 23.2 Å². The van der Waals surface area contributed by atoms with E-state index in [0.717, 1.165) is 62.7 Å². The quantitative estimate of drug-likeness (QED) is 0.256. The van der Waals surface area contributed by atoms with E-state index < -0.39 is 5.66 Å². The standard InChI is InChI=1S/C36H43Cl2N3O2/c1-4-19-36(40-23-20-35(21-24-40,26-39(3)27(2)42)30-14-9-6-10-15-30)31(29-17-18-32(37)33(38)25-29)16-11-22-41(36)34(43)28-12-7-5-8-13-28/h5-10,12-15,17-18,25,31H,4,11,16,19-24,26H2,1-3H3. The molecule has 43 heavy (non-hydrogen) atoms. The smallest absolute Gasteiger partial charge is 0.255 e. The first-order valence-electron chi connectivity index (χ1n) is 15.6. The van der Waals surface area contributed by atoms with Gasteiger partial charge in [-0.3, -0.25) is 14.5 Å². The molecule has 2 aliphatic rings. The third kappa shape index (κ3) is 6.22. The van der Waals surface area contributed by atoms with Gasteiger partial charge in [0.15, 0.2) is 0 Å². The van der Waals surface area contributed by atoms with E-state index in [0.29, 0.717) is 23.1 Å². The van der Waals surface area contributed by atoms with Gasteiger partial charge in [-0.15, -0.1) is 0 Å². The summed E-state index contributed by atoms with van der Waals surface area (Å²) in [5.74, 6) is 0.231. The number of benzene rings is 3. The number of hydrogen-bond donors (Lipinski definition) is 0. The highest BCUT2D eigenvalue weighted by molar-refractivity contribution is 6.42. The molecule has 2 fully saturated rings. The molecule has 0 spiro atoms. The molecule has 2 heterocycles. The molecule has 3 aromatic rings. The van der Waals surface area contributed by atoms with Crippen LogP contribution in [0.1, 0.15) is 79.8 Å². The molecule has 5 nitrogen and oxygen atoms in total. The van der Waals surface area contributed by atoms with Crippen molar-refractivity contribution in [3.05, 3.63) is 106 Å². The minimum absolute atomic E-state index is 0.0757. The first-order chi connectivity index (χ1) is 20.7. The van der Waals surface area contributed by atoms with E-state index in [1.54, 1.807) is 6.92 Å². The van der Waals surface area contributed by atoms with E-state index in [2.05, 4.69) is 47.1 Å². The highest BCUT2D eigenvalue weighted by Crippen LogP contribution is 2.50. The van der Waals surface area contributed by atoms with Crippen LogP contribution in [-0.4, -0.2) is 65.4 Å². The minimum atomic E-state index is -0.521. The van der Waals surface area contributed by atoms with E-state index in [4.69, 9.17) is 23.2 Å². The number of rotatable bonds is 8. The second-order valence-corrected chi connectivity index (χ2v) is 13.1. The SMILES string of the molecule is CCCC1(N2CCC(CN(C)C(C)=O)(c3ccccc3)CC2)C(c2ccc(Cl)c(Cl)c2)CCCN1C(=O)c1ccccc1. The number of carbonyl (C=O) groups is 2. The van der Waals surface area contributed by atoms with Crippen LogP contribution in [0, 0.1) is 0 Å². The van der Waals surface area contributed by atoms with Crippen LogP contribution in [0.5, 0.6) is 0 Å². The molecule has 0 bridgehead atoms. The third-order valence-electron chi connectivity index (χ3n) is 9.86. The van der Waals surface area contributed by atoms with Gasteiger partial charge in [0.25, 0.3) is 5.91 Å². The zero-order valence-corrected chi connectivity index (χ0v) is 27.1. The lowest BCUT2D eigenvalue weighted by Gasteiger charge is -2.60. The number of amides is 2. The molecule has 2 unspecified atom stereocenters. The number of piperidine rings is 2. The van der Waals surface area contributed by atoms with Gasteiger partial charge in [-0.25, -0.2) is 0 Å². The first kappa shape index (κ1) is 31.6. The Morgan fingerprint density at radius 2 is 1.56 bits per heavy atom. The van der Waals surface area contributed by atoms with E-state index in [1.807, 2.05) is 60.5 Å². The Morgan fingerprint density at radius 1 is 0.907 bits per heavy atom. The second-order valence-electron chi connectivity index (χ2n) is 12.3. The van der Waals surface area contributed by atoms with Gasteiger partial charge in [0.1, 0.15) is 5.66 Å². The van der Waals surface area contributed by atoms with Crippen molar-refractivity contribution in [2.75, 3.05) is 33.2 Å². The summed E-state index contributed by atoms with van der Waals surface area (Å²) in [7, 11) is 1.90. The van der Waals surface area contributed by atoms with Gasteiger partial charge < -0.3 is 9.80 Å². The normalized spacial score (nSPS) is 22.3. The number of halogens is 2. The summed E-state index contributed by atoms with van der Waals surface area (Å²) < 4.78 is 0. The van der Waals surface area contributed by atoms with Crippen LogP contribution in [0.3, 0.4) is 0 Å². The Kier molecular flexibility index (Phi) is 9.85. The van der Waals surface area contributed by atoms with Gasteiger partial charge in [-0.2, -0.15) is 0 Å². The van der Waals surface area contributed by atoms with Gasteiger partial charge in [-0.1, -0.05) is 91.1 Å². The molecule has 0 saturated carbocycles. The van der Waals surface area contributed by atoms with Crippen LogP contribution in [0.2, 0.25) is 10.0 Å². The van der Waals surface area contributed by atoms with Gasteiger partial charge in [0.2, 0.25) is 5.91 Å². The van der Waals surface area contributed by atoms with Crippen LogP contribution in [-0.2, 0) is 10.2 Å². The zero-order chi connectivity index (χ0) is 30.6. The fraction of sp³-hybridized carbons (Fsp3) is 0.444. The fourth-order valence-electron chi connectivity index (χ4n) is 7.69. The summed E-state index contributed by atoms with van der Waals surface area (Å²) in [6, 6.07) is 26.3. The fourth-order valence-corrected chi connectivity index (χ4v) is 7.99. The highest BCUT2D eigenvalue weighted by Gasteiger charge is 2.54. The minimum Gasteiger partial charge on any atom is -0.345 e. The maximum atomic E-state index is 14.4. The van der Waals surface area contributed by atoms with Crippen LogP contribution in [0.25, 0.3) is 0 Å². The van der Waals surface area contributed by atoms with E-state index in [-0.39, 0.29) is 23.1 Å². The molecule has 2 saturated heterocycles. The molecule has 228 valence electrons. The lowest BCUT2D eigenvalue weighted by atomic mass is 9.69. The molecular weight excluding hydrogens is 577 g/mol. The maximum absolute atomic E-state index is 14.4. The summed E-state index contributed by atoms with van der Waals surface area (Å²) in [6.45, 7) is 6.87. The van der Waals surface area contributed by atoms with Crippen molar-refractivity contribution < 1.29 is 9.59 Å². The summed E-state index contributed by atoms with van der Waals surface area (Å²) in [6.07, 6.45) is 5.44. The van der Waals surface area contributed by atoms with Crippen molar-refractivity contribution in [3.63, 3.8) is 0 Å². The predicted molar refractivity (Wildman–Crippen MR) is 176 cm³/mol. The average molecular weight is 621 g/mol. The van der Waals surface area contributed by atoms with Crippen molar-refractivity contribution in [3.8, 4) is 0 Å². The van der Waals surface area contributed by atoms with Crippen molar-refractivity contribution in [1.82, 2.24) is 14.7 Å². The molecule has 7 heteroatoms.